The first-order valence-electron chi connectivity index (χ1n) is 3.24. The molecule has 0 amide bonds. The highest BCUT2D eigenvalue weighted by Gasteiger charge is 2.19. The van der Waals surface area contributed by atoms with Crippen molar-refractivity contribution in [2.45, 2.75) is 10.5 Å². The minimum absolute atomic E-state index is 0.861. The van der Waals surface area contributed by atoms with Crippen molar-refractivity contribution in [2.75, 3.05) is 11.5 Å². The molecule has 0 rings (SSSR count). The van der Waals surface area contributed by atoms with Gasteiger partial charge in [0.2, 0.25) is 0 Å². The maximum Gasteiger partial charge on any atom is 0.0957 e. The highest BCUT2D eigenvalue weighted by molar-refractivity contribution is 7.90. The molecule has 0 aromatic carbocycles. The van der Waals surface area contributed by atoms with Crippen LogP contribution in [0, 0.1) is 0 Å². The highest BCUT2D eigenvalue weighted by Crippen LogP contribution is 2.12. The van der Waals surface area contributed by atoms with Crippen LogP contribution in [-0.2, 0) is 20.2 Å². The zero-order valence-electron chi connectivity index (χ0n) is 6.73. The Bertz CT molecular complexity index is 331. The van der Waals surface area contributed by atoms with E-state index in [1.807, 2.05) is 0 Å². The average molecular weight is 280 g/mol. The fourth-order valence-corrected chi connectivity index (χ4v) is 3.53. The quantitative estimate of drug-likeness (QED) is 0.476. The van der Waals surface area contributed by atoms with E-state index in [1.54, 1.807) is 0 Å². The molecule has 0 spiro atoms. The van der Waals surface area contributed by atoms with E-state index in [9.17, 15) is 25.9 Å². The molecule has 0 aliphatic rings. The van der Waals surface area contributed by atoms with Crippen LogP contribution in [-0.4, -0.2) is 47.9 Å². The first-order chi connectivity index (χ1) is 6.01. The van der Waals surface area contributed by atoms with E-state index in [1.165, 1.54) is 0 Å². The third kappa shape index (κ3) is 7.88. The van der Waals surface area contributed by atoms with Crippen molar-refractivity contribution >= 4 is 45.5 Å². The summed E-state index contributed by atoms with van der Waals surface area (Å²) in [5.41, 5.74) is 0. The van der Waals surface area contributed by atoms with Crippen LogP contribution in [0.25, 0.3) is 0 Å². The molecule has 2 atom stereocenters. The van der Waals surface area contributed by atoms with Gasteiger partial charge in [-0.1, -0.05) is 0 Å². The second-order valence-electron chi connectivity index (χ2n) is 2.58. The third-order valence-corrected chi connectivity index (χ3v) is 4.54. The van der Waals surface area contributed by atoms with Crippen LogP contribution in [0.3, 0.4) is 0 Å². The molecule has 0 aromatic rings. The summed E-state index contributed by atoms with van der Waals surface area (Å²) < 4.78 is 61.5. The molecular weight excluding hydrogens is 272 g/mol. The molecule has 0 aliphatic carbocycles. The molecule has 0 heterocycles. The number of rotatable bonds is 5. The first kappa shape index (κ1) is 14.5. The lowest BCUT2D eigenvalue weighted by Gasteiger charge is -2.20. The van der Waals surface area contributed by atoms with Gasteiger partial charge in [-0.25, -0.2) is 16.8 Å². The lowest BCUT2D eigenvalue weighted by Crippen LogP contribution is -2.30. The molecule has 0 fully saturated rings. The molecule has 0 saturated carbocycles. The summed E-state index contributed by atoms with van der Waals surface area (Å²) in [6, 6.07) is 0. The van der Waals surface area contributed by atoms with Gasteiger partial charge >= 0.3 is 0 Å². The average Bonchev–Trinajstić information content (AvgIpc) is 1.78. The van der Waals surface area contributed by atoms with Gasteiger partial charge in [0.05, 0.1) is 31.7 Å². The minimum atomic E-state index is -4.50. The van der Waals surface area contributed by atoms with Gasteiger partial charge in [0.25, 0.3) is 0 Å². The van der Waals surface area contributed by atoms with Crippen molar-refractivity contribution < 1.29 is 25.9 Å². The second kappa shape index (κ2) is 5.03. The van der Waals surface area contributed by atoms with E-state index in [0.29, 0.717) is 0 Å². The maximum atomic E-state index is 10.2. The smallest absolute Gasteiger partial charge is 0.0957 e. The molecule has 10 heteroatoms. The Balaban J connectivity index is 4.35. The summed E-state index contributed by atoms with van der Waals surface area (Å²) in [5, 5.41) is -2.16. The van der Waals surface area contributed by atoms with Gasteiger partial charge in [0, 0.05) is 10.5 Å². The van der Waals surface area contributed by atoms with Crippen LogP contribution in [0.2, 0.25) is 0 Å². The Labute approximate surface area is 93.4 Å². The van der Waals surface area contributed by atoms with E-state index < -0.39 is 42.2 Å². The van der Waals surface area contributed by atoms with Crippen LogP contribution in [0.4, 0.5) is 0 Å². The third-order valence-electron chi connectivity index (χ3n) is 1.19. The predicted octanol–water partition coefficient (Wildman–Crippen LogP) is -1.33. The summed E-state index contributed by atoms with van der Waals surface area (Å²) in [6.45, 7) is 0. The normalized spacial score (nSPS) is 17.7. The van der Waals surface area contributed by atoms with Crippen molar-refractivity contribution in [1.82, 2.24) is 0 Å². The van der Waals surface area contributed by atoms with Gasteiger partial charge in [-0.05, 0) is 0 Å². The largest absolute Gasteiger partial charge is 0.748 e. The first-order valence-corrected chi connectivity index (χ1v) is 7.43. The van der Waals surface area contributed by atoms with E-state index >= 15 is 0 Å². The molecule has 6 nitrogen and oxygen atoms in total. The number of thiol groups is 2. The van der Waals surface area contributed by atoms with Crippen molar-refractivity contribution in [1.29, 1.82) is 0 Å². The van der Waals surface area contributed by atoms with E-state index in [2.05, 4.69) is 25.3 Å². The van der Waals surface area contributed by atoms with Crippen molar-refractivity contribution in [2.24, 2.45) is 0 Å². The monoisotopic (exact) mass is 280 g/mol. The molecule has 86 valence electrons. The Morgan fingerprint density at radius 1 is 0.857 bits per heavy atom. The molecule has 0 radical (unpaired) electrons. The van der Waals surface area contributed by atoms with Crippen LogP contribution in [0.1, 0.15) is 0 Å². The van der Waals surface area contributed by atoms with Gasteiger partial charge in [0.15, 0.2) is 0 Å². The molecule has 0 aromatic heterocycles. The molecule has 0 N–H and O–H groups in total. The Morgan fingerprint density at radius 2 is 1.07 bits per heavy atom. The van der Waals surface area contributed by atoms with Crippen molar-refractivity contribution in [3.05, 3.63) is 0 Å². The Hall–Kier alpha value is 0.520. The van der Waals surface area contributed by atoms with Crippen molar-refractivity contribution in [3.63, 3.8) is 0 Å². The van der Waals surface area contributed by atoms with Gasteiger partial charge < -0.3 is 9.11 Å². The van der Waals surface area contributed by atoms with E-state index in [4.69, 9.17) is 0 Å². The molecule has 2 unspecified atom stereocenters. The summed E-state index contributed by atoms with van der Waals surface area (Å²) in [4.78, 5) is 0. The van der Waals surface area contributed by atoms with Gasteiger partial charge in [-0.3, -0.25) is 0 Å². The molecule has 0 saturated heterocycles. The SMILES string of the molecule is O=S(=O)([O-])CC(S)C(S)CS(=O)(=O)[O-]. The fraction of sp³-hybridized carbons (Fsp3) is 1.00. The van der Waals surface area contributed by atoms with Gasteiger partial charge in [-0.15, -0.1) is 0 Å². The lowest BCUT2D eigenvalue weighted by atomic mass is 10.3. The summed E-state index contributed by atoms with van der Waals surface area (Å²) in [5.74, 6) is -1.72. The van der Waals surface area contributed by atoms with Gasteiger partial charge in [0.1, 0.15) is 0 Å². The zero-order valence-corrected chi connectivity index (χ0v) is 10.2. The predicted molar refractivity (Wildman–Crippen MR) is 54.7 cm³/mol. The summed E-state index contributed by atoms with van der Waals surface area (Å²) in [6.07, 6.45) is 0. The summed E-state index contributed by atoms with van der Waals surface area (Å²) >= 11 is 7.34. The molecule has 0 aliphatic heterocycles. The number of hydrogen-bond acceptors (Lipinski definition) is 8. The summed E-state index contributed by atoms with van der Waals surface area (Å²) in [7, 11) is -8.99. The number of hydrogen-bond donors (Lipinski definition) is 2. The molecule has 14 heavy (non-hydrogen) atoms. The minimum Gasteiger partial charge on any atom is -0.748 e. The van der Waals surface area contributed by atoms with Crippen LogP contribution >= 0.6 is 25.3 Å². The maximum absolute atomic E-state index is 10.2. The van der Waals surface area contributed by atoms with Crippen LogP contribution < -0.4 is 0 Å². The zero-order chi connectivity index (χ0) is 11.6. The molecule has 0 bridgehead atoms. The highest BCUT2D eigenvalue weighted by atomic mass is 32.2. The topological polar surface area (TPSA) is 114 Å². The standard InChI is InChI=1S/C4H10O6S4/c5-13(6,7)1-3(11)4(12)2-14(8,9)10/h3-4,11-12H,1-2H2,(H,5,6,7)(H,8,9,10)/p-2. The second-order valence-corrected chi connectivity index (χ2v) is 6.81. The van der Waals surface area contributed by atoms with E-state index in [0.717, 1.165) is 0 Å². The molecular formula is C4H8O6S4-2. The Kier molecular flexibility index (Phi) is 5.22. The Morgan fingerprint density at radius 3 is 1.21 bits per heavy atom. The van der Waals surface area contributed by atoms with Crippen LogP contribution in [0.15, 0.2) is 0 Å². The van der Waals surface area contributed by atoms with E-state index in [-0.39, 0.29) is 0 Å². The lowest BCUT2D eigenvalue weighted by molar-refractivity contribution is 0.455. The van der Waals surface area contributed by atoms with Gasteiger partial charge in [-0.2, -0.15) is 25.3 Å². The van der Waals surface area contributed by atoms with Crippen LogP contribution in [0.5, 0.6) is 0 Å². The van der Waals surface area contributed by atoms with Crippen molar-refractivity contribution in [3.8, 4) is 0 Å². The fourth-order valence-electron chi connectivity index (χ4n) is 0.640.